The van der Waals surface area contributed by atoms with Crippen molar-refractivity contribution in [2.45, 2.75) is 26.4 Å². The van der Waals surface area contributed by atoms with Crippen LogP contribution in [0.5, 0.6) is 5.75 Å². The maximum absolute atomic E-state index is 12.2. The topological polar surface area (TPSA) is 51.2 Å². The minimum Gasteiger partial charge on any atom is -0.479 e. The molecule has 1 amide bonds. The average molecular weight is 311 g/mol. The van der Waals surface area contributed by atoms with E-state index in [0.717, 1.165) is 5.69 Å². The highest BCUT2D eigenvalue weighted by molar-refractivity contribution is 7.13. The largest absolute Gasteiger partial charge is 0.479 e. The predicted molar refractivity (Wildman–Crippen MR) is 81.6 cm³/mol. The fourth-order valence-corrected chi connectivity index (χ4v) is 2.48. The van der Waals surface area contributed by atoms with Crippen LogP contribution in [-0.2, 0) is 4.79 Å². The standard InChI is InChI=1S/C14H15ClN2O2S/c1-3-11(19-12-7-5-4-6-10(12)15)13(18)17-14-16-9(2)8-20-14/h4-8,11H,3H2,1-2H3,(H,16,17,18)/t11-/m0/s1. The Morgan fingerprint density at radius 3 is 2.85 bits per heavy atom. The number of carbonyl (C=O) groups is 1. The number of thiazole rings is 1. The Hall–Kier alpha value is -1.59. The molecule has 0 bridgehead atoms. The summed E-state index contributed by atoms with van der Waals surface area (Å²) in [7, 11) is 0. The van der Waals surface area contributed by atoms with Crippen molar-refractivity contribution in [2.24, 2.45) is 0 Å². The number of halogens is 1. The number of amides is 1. The molecule has 4 nitrogen and oxygen atoms in total. The molecule has 0 unspecified atom stereocenters. The molecule has 0 spiro atoms. The first kappa shape index (κ1) is 14.8. The van der Waals surface area contributed by atoms with Crippen LogP contribution in [0.1, 0.15) is 19.0 Å². The minimum absolute atomic E-state index is 0.221. The molecule has 106 valence electrons. The van der Waals surface area contributed by atoms with Crippen molar-refractivity contribution < 1.29 is 9.53 Å². The highest BCUT2D eigenvalue weighted by atomic mass is 35.5. The molecule has 0 saturated carbocycles. The highest BCUT2D eigenvalue weighted by Gasteiger charge is 2.20. The van der Waals surface area contributed by atoms with Crippen LogP contribution in [0.15, 0.2) is 29.6 Å². The number of hydrogen-bond acceptors (Lipinski definition) is 4. The Bertz CT molecular complexity index is 600. The van der Waals surface area contributed by atoms with Crippen molar-refractivity contribution in [1.29, 1.82) is 0 Å². The first-order valence-corrected chi connectivity index (χ1v) is 7.50. The van der Waals surface area contributed by atoms with Gasteiger partial charge in [-0.15, -0.1) is 11.3 Å². The Morgan fingerprint density at radius 1 is 1.50 bits per heavy atom. The summed E-state index contributed by atoms with van der Waals surface area (Å²) < 4.78 is 5.67. The van der Waals surface area contributed by atoms with Crippen molar-refractivity contribution in [3.63, 3.8) is 0 Å². The fourth-order valence-electron chi connectivity index (χ4n) is 1.61. The summed E-state index contributed by atoms with van der Waals surface area (Å²) in [4.78, 5) is 16.4. The number of anilines is 1. The van der Waals surface area contributed by atoms with Crippen LogP contribution >= 0.6 is 22.9 Å². The Morgan fingerprint density at radius 2 is 2.25 bits per heavy atom. The zero-order valence-corrected chi connectivity index (χ0v) is 12.8. The molecular formula is C14H15ClN2O2S. The SMILES string of the molecule is CC[C@H](Oc1ccccc1Cl)C(=O)Nc1nc(C)cs1. The lowest BCUT2D eigenvalue weighted by Gasteiger charge is -2.17. The number of hydrogen-bond donors (Lipinski definition) is 1. The number of rotatable bonds is 5. The second-order valence-corrected chi connectivity index (χ2v) is 5.49. The summed E-state index contributed by atoms with van der Waals surface area (Å²) in [5.74, 6) is 0.285. The summed E-state index contributed by atoms with van der Waals surface area (Å²) in [5, 5.41) is 5.70. The molecule has 20 heavy (non-hydrogen) atoms. The van der Waals surface area contributed by atoms with Crippen molar-refractivity contribution in [1.82, 2.24) is 4.98 Å². The van der Waals surface area contributed by atoms with Gasteiger partial charge < -0.3 is 4.74 Å². The lowest BCUT2D eigenvalue weighted by molar-refractivity contribution is -0.122. The third-order valence-electron chi connectivity index (χ3n) is 2.62. The zero-order chi connectivity index (χ0) is 14.5. The van der Waals surface area contributed by atoms with Gasteiger partial charge in [-0.2, -0.15) is 0 Å². The van der Waals surface area contributed by atoms with Gasteiger partial charge in [0.2, 0.25) is 0 Å². The van der Waals surface area contributed by atoms with Crippen molar-refractivity contribution >= 4 is 34.0 Å². The van der Waals surface area contributed by atoms with E-state index in [4.69, 9.17) is 16.3 Å². The van der Waals surface area contributed by atoms with Gasteiger partial charge in [0.25, 0.3) is 5.91 Å². The van der Waals surface area contributed by atoms with Crippen LogP contribution in [0.4, 0.5) is 5.13 Å². The molecule has 1 heterocycles. The average Bonchev–Trinajstić information content (AvgIpc) is 2.83. The summed E-state index contributed by atoms with van der Waals surface area (Å²) in [6, 6.07) is 7.10. The van der Waals surface area contributed by atoms with E-state index in [1.807, 2.05) is 31.4 Å². The third kappa shape index (κ3) is 3.71. The number of aryl methyl sites for hydroxylation is 1. The highest BCUT2D eigenvalue weighted by Crippen LogP contribution is 2.25. The molecule has 1 atom stereocenters. The van der Waals surface area contributed by atoms with Crippen LogP contribution in [0.25, 0.3) is 0 Å². The van der Waals surface area contributed by atoms with E-state index in [1.54, 1.807) is 12.1 Å². The van der Waals surface area contributed by atoms with Crippen molar-refractivity contribution in [2.75, 3.05) is 5.32 Å². The third-order valence-corrected chi connectivity index (χ3v) is 3.81. The lowest BCUT2D eigenvalue weighted by atomic mass is 10.2. The second kappa shape index (κ2) is 6.72. The summed E-state index contributed by atoms with van der Waals surface area (Å²) in [6.45, 7) is 3.76. The van der Waals surface area contributed by atoms with E-state index < -0.39 is 6.10 Å². The molecule has 0 aliphatic carbocycles. The van der Waals surface area contributed by atoms with Gasteiger partial charge in [0.1, 0.15) is 5.75 Å². The lowest BCUT2D eigenvalue weighted by Crippen LogP contribution is -2.32. The van der Waals surface area contributed by atoms with Gasteiger partial charge >= 0.3 is 0 Å². The van der Waals surface area contributed by atoms with Gasteiger partial charge in [-0.1, -0.05) is 30.7 Å². The first-order chi connectivity index (χ1) is 9.60. The summed E-state index contributed by atoms with van der Waals surface area (Å²) >= 11 is 7.42. The van der Waals surface area contributed by atoms with Gasteiger partial charge in [-0.05, 0) is 25.5 Å². The molecule has 0 saturated heterocycles. The molecule has 1 aromatic heterocycles. The number of aromatic nitrogens is 1. The van der Waals surface area contributed by atoms with Gasteiger partial charge in [-0.25, -0.2) is 4.98 Å². The first-order valence-electron chi connectivity index (χ1n) is 6.24. The van der Waals surface area contributed by atoms with Crippen LogP contribution in [-0.4, -0.2) is 17.0 Å². The van der Waals surface area contributed by atoms with Crippen LogP contribution < -0.4 is 10.1 Å². The number of carbonyl (C=O) groups excluding carboxylic acids is 1. The van der Waals surface area contributed by atoms with Gasteiger partial charge in [0, 0.05) is 5.38 Å². The van der Waals surface area contributed by atoms with Crippen LogP contribution in [0.3, 0.4) is 0 Å². The molecule has 2 rings (SSSR count). The number of para-hydroxylation sites is 1. The van der Waals surface area contributed by atoms with E-state index in [0.29, 0.717) is 22.3 Å². The van der Waals surface area contributed by atoms with E-state index in [1.165, 1.54) is 11.3 Å². The number of ether oxygens (including phenoxy) is 1. The van der Waals surface area contributed by atoms with Gasteiger partial charge in [0.05, 0.1) is 10.7 Å². The Labute approximate surface area is 126 Å². The molecule has 0 aliphatic rings. The Balaban J connectivity index is 2.04. The fraction of sp³-hybridized carbons (Fsp3) is 0.286. The molecule has 1 N–H and O–H groups in total. The summed E-state index contributed by atoms with van der Waals surface area (Å²) in [6.07, 6.45) is -0.0550. The number of nitrogens with zero attached hydrogens (tertiary/aromatic N) is 1. The molecular weight excluding hydrogens is 296 g/mol. The molecule has 0 aliphatic heterocycles. The molecule has 1 aromatic carbocycles. The predicted octanol–water partition coefficient (Wildman–Crippen LogP) is 3.90. The normalized spacial score (nSPS) is 11.9. The maximum Gasteiger partial charge on any atom is 0.267 e. The van der Waals surface area contributed by atoms with Gasteiger partial charge in [0.15, 0.2) is 11.2 Å². The van der Waals surface area contributed by atoms with E-state index >= 15 is 0 Å². The van der Waals surface area contributed by atoms with Crippen molar-refractivity contribution in [3.05, 3.63) is 40.4 Å². The van der Waals surface area contributed by atoms with E-state index in [-0.39, 0.29) is 5.91 Å². The van der Waals surface area contributed by atoms with Gasteiger partial charge in [-0.3, -0.25) is 10.1 Å². The second-order valence-electron chi connectivity index (χ2n) is 4.23. The van der Waals surface area contributed by atoms with Crippen LogP contribution in [0.2, 0.25) is 5.02 Å². The maximum atomic E-state index is 12.2. The number of benzene rings is 1. The van der Waals surface area contributed by atoms with E-state index in [9.17, 15) is 4.79 Å². The smallest absolute Gasteiger partial charge is 0.267 e. The molecule has 0 fully saturated rings. The molecule has 0 radical (unpaired) electrons. The van der Waals surface area contributed by atoms with E-state index in [2.05, 4.69) is 10.3 Å². The monoisotopic (exact) mass is 310 g/mol. The molecule has 6 heteroatoms. The Kier molecular flexibility index (Phi) is 4.98. The van der Waals surface area contributed by atoms with Crippen LogP contribution in [0, 0.1) is 6.92 Å². The minimum atomic E-state index is -0.598. The van der Waals surface area contributed by atoms with Crippen molar-refractivity contribution in [3.8, 4) is 5.75 Å². The summed E-state index contributed by atoms with van der Waals surface area (Å²) in [5.41, 5.74) is 0.880. The zero-order valence-electron chi connectivity index (χ0n) is 11.2. The quantitative estimate of drug-likeness (QED) is 0.911. The number of nitrogens with one attached hydrogen (secondary N) is 1. The molecule has 2 aromatic rings.